The van der Waals surface area contributed by atoms with Crippen molar-refractivity contribution in [1.82, 2.24) is 5.32 Å². The normalized spacial score (nSPS) is 11.2. The van der Waals surface area contributed by atoms with E-state index in [0.29, 0.717) is 17.8 Å². The summed E-state index contributed by atoms with van der Waals surface area (Å²) < 4.78 is 37.1. The Hall–Kier alpha value is -2.41. The lowest BCUT2D eigenvalue weighted by molar-refractivity contribution is 0.0953. The van der Waals surface area contributed by atoms with Gasteiger partial charge in [0.15, 0.2) is 0 Å². The highest BCUT2D eigenvalue weighted by atomic mass is 32.2. The van der Waals surface area contributed by atoms with Crippen LogP contribution in [0.25, 0.3) is 0 Å². The number of carbonyl (C=O) groups excluding carboxylic acids is 1. The van der Waals surface area contributed by atoms with Gasteiger partial charge in [0.25, 0.3) is 5.91 Å². The molecule has 2 aromatic rings. The molecule has 0 aliphatic heterocycles. The third-order valence-corrected chi connectivity index (χ3v) is 5.02. The maximum absolute atomic E-state index is 12.8. The minimum atomic E-state index is -3.38. The zero-order valence-corrected chi connectivity index (χ0v) is 15.0. The summed E-state index contributed by atoms with van der Waals surface area (Å²) in [5, 5.41) is 2.80. The molecule has 0 aromatic heterocycles. The minimum absolute atomic E-state index is 0.261. The lowest BCUT2D eigenvalue weighted by Gasteiger charge is -2.17. The van der Waals surface area contributed by atoms with Gasteiger partial charge in [-0.3, -0.25) is 9.10 Å². The number of sulfonamides is 1. The van der Waals surface area contributed by atoms with E-state index in [1.807, 2.05) is 0 Å². The first kappa shape index (κ1) is 18.9. The van der Waals surface area contributed by atoms with E-state index in [1.54, 1.807) is 30.3 Å². The number of amides is 1. The molecule has 0 atom stereocenters. The Morgan fingerprint density at radius 2 is 1.84 bits per heavy atom. The largest absolute Gasteiger partial charge is 0.352 e. The summed E-state index contributed by atoms with van der Waals surface area (Å²) in [6.45, 7) is 0.475. The summed E-state index contributed by atoms with van der Waals surface area (Å²) in [5.41, 5.74) is 1.84. The zero-order chi connectivity index (χ0) is 18.4. The molecule has 1 amide bonds. The molecule has 0 radical (unpaired) electrons. The Morgan fingerprint density at radius 3 is 2.48 bits per heavy atom. The predicted molar refractivity (Wildman–Crippen MR) is 96.7 cm³/mol. The Morgan fingerprint density at radius 1 is 1.16 bits per heavy atom. The SMILES string of the molecule is CN(c1cccc(C(=O)NCCCc2ccc(F)cc2)c1)S(C)(=O)=O. The second-order valence-corrected chi connectivity index (χ2v) is 7.78. The number of hydrogen-bond acceptors (Lipinski definition) is 3. The van der Waals surface area contributed by atoms with Crippen molar-refractivity contribution in [2.45, 2.75) is 12.8 Å². The second-order valence-electron chi connectivity index (χ2n) is 5.77. The summed E-state index contributed by atoms with van der Waals surface area (Å²) in [4.78, 5) is 12.2. The lowest BCUT2D eigenvalue weighted by atomic mass is 10.1. The van der Waals surface area contributed by atoms with Crippen LogP contribution in [0.1, 0.15) is 22.3 Å². The molecule has 25 heavy (non-hydrogen) atoms. The Balaban J connectivity index is 1.89. The standard InChI is InChI=1S/C18H21FN2O3S/c1-21(25(2,23)24)17-7-3-6-15(13-17)18(22)20-12-4-5-14-8-10-16(19)11-9-14/h3,6-11,13H,4-5,12H2,1-2H3,(H,20,22). The van der Waals surface area contributed by atoms with Crippen LogP contribution < -0.4 is 9.62 Å². The number of anilines is 1. The first-order valence-electron chi connectivity index (χ1n) is 7.84. The first-order chi connectivity index (χ1) is 11.8. The van der Waals surface area contributed by atoms with Crippen molar-refractivity contribution in [3.8, 4) is 0 Å². The van der Waals surface area contributed by atoms with Crippen molar-refractivity contribution in [3.63, 3.8) is 0 Å². The fourth-order valence-corrected chi connectivity index (χ4v) is 2.78. The molecule has 5 nitrogen and oxygen atoms in total. The second kappa shape index (κ2) is 8.11. The number of nitrogens with one attached hydrogen (secondary N) is 1. The van der Waals surface area contributed by atoms with Crippen LogP contribution in [0.15, 0.2) is 48.5 Å². The molecule has 0 bridgehead atoms. The average Bonchev–Trinajstić information content (AvgIpc) is 2.58. The quantitative estimate of drug-likeness (QED) is 0.768. The van der Waals surface area contributed by atoms with Gasteiger partial charge in [-0.05, 0) is 48.7 Å². The number of hydrogen-bond donors (Lipinski definition) is 1. The molecule has 0 saturated heterocycles. The number of halogens is 1. The third kappa shape index (κ3) is 5.56. The summed E-state index contributed by atoms with van der Waals surface area (Å²) in [7, 11) is -1.94. The predicted octanol–water partition coefficient (Wildman–Crippen LogP) is 2.58. The van der Waals surface area contributed by atoms with Crippen LogP contribution in [-0.4, -0.2) is 34.2 Å². The Labute approximate surface area is 147 Å². The minimum Gasteiger partial charge on any atom is -0.352 e. The summed E-state index contributed by atoms with van der Waals surface area (Å²) >= 11 is 0. The van der Waals surface area contributed by atoms with E-state index < -0.39 is 10.0 Å². The highest BCUT2D eigenvalue weighted by molar-refractivity contribution is 7.92. The van der Waals surface area contributed by atoms with E-state index in [1.165, 1.54) is 25.2 Å². The highest BCUT2D eigenvalue weighted by Gasteiger charge is 2.13. The van der Waals surface area contributed by atoms with Gasteiger partial charge in [-0.15, -0.1) is 0 Å². The monoisotopic (exact) mass is 364 g/mol. The van der Waals surface area contributed by atoms with Crippen molar-refractivity contribution in [2.75, 3.05) is 24.2 Å². The Bertz CT molecular complexity index is 836. The highest BCUT2D eigenvalue weighted by Crippen LogP contribution is 2.17. The van der Waals surface area contributed by atoms with Crippen LogP contribution in [-0.2, 0) is 16.4 Å². The number of carbonyl (C=O) groups is 1. The van der Waals surface area contributed by atoms with Gasteiger partial charge in [-0.25, -0.2) is 12.8 Å². The molecule has 0 fully saturated rings. The maximum atomic E-state index is 12.8. The lowest BCUT2D eigenvalue weighted by Crippen LogP contribution is -2.27. The van der Waals surface area contributed by atoms with E-state index in [-0.39, 0.29) is 11.7 Å². The first-order valence-corrected chi connectivity index (χ1v) is 9.69. The van der Waals surface area contributed by atoms with Gasteiger partial charge >= 0.3 is 0 Å². The molecule has 2 rings (SSSR count). The number of benzene rings is 2. The fourth-order valence-electron chi connectivity index (χ4n) is 2.28. The molecular weight excluding hydrogens is 343 g/mol. The van der Waals surface area contributed by atoms with Crippen LogP contribution in [0.3, 0.4) is 0 Å². The van der Waals surface area contributed by atoms with Crippen molar-refractivity contribution in [1.29, 1.82) is 0 Å². The van der Waals surface area contributed by atoms with Crippen molar-refractivity contribution in [2.24, 2.45) is 0 Å². The molecule has 1 N–H and O–H groups in total. The van der Waals surface area contributed by atoms with Crippen molar-refractivity contribution < 1.29 is 17.6 Å². The number of aryl methyl sites for hydroxylation is 1. The molecule has 0 unspecified atom stereocenters. The Kier molecular flexibility index (Phi) is 6.14. The number of rotatable bonds is 7. The topological polar surface area (TPSA) is 66.5 Å². The molecule has 0 aliphatic carbocycles. The van der Waals surface area contributed by atoms with E-state index in [4.69, 9.17) is 0 Å². The molecule has 0 spiro atoms. The molecular formula is C18H21FN2O3S. The average molecular weight is 364 g/mol. The van der Waals surface area contributed by atoms with E-state index in [0.717, 1.165) is 29.0 Å². The van der Waals surface area contributed by atoms with Gasteiger partial charge in [0.1, 0.15) is 5.82 Å². The van der Waals surface area contributed by atoms with E-state index >= 15 is 0 Å². The van der Waals surface area contributed by atoms with Gasteiger partial charge in [-0.1, -0.05) is 18.2 Å². The molecule has 134 valence electrons. The van der Waals surface area contributed by atoms with Crippen LogP contribution >= 0.6 is 0 Å². The van der Waals surface area contributed by atoms with Crippen LogP contribution in [0.2, 0.25) is 0 Å². The molecule has 7 heteroatoms. The molecule has 0 heterocycles. The smallest absolute Gasteiger partial charge is 0.251 e. The van der Waals surface area contributed by atoms with Gasteiger partial charge in [0.05, 0.1) is 11.9 Å². The van der Waals surface area contributed by atoms with Gasteiger partial charge in [-0.2, -0.15) is 0 Å². The van der Waals surface area contributed by atoms with Gasteiger partial charge in [0, 0.05) is 19.2 Å². The summed E-state index contributed by atoms with van der Waals surface area (Å²) in [6, 6.07) is 12.7. The maximum Gasteiger partial charge on any atom is 0.251 e. The van der Waals surface area contributed by atoms with Gasteiger partial charge < -0.3 is 5.32 Å². The molecule has 0 saturated carbocycles. The van der Waals surface area contributed by atoms with E-state index in [9.17, 15) is 17.6 Å². The summed E-state index contributed by atoms with van der Waals surface area (Å²) in [6.07, 6.45) is 2.56. The van der Waals surface area contributed by atoms with Crippen LogP contribution in [0, 0.1) is 5.82 Å². The van der Waals surface area contributed by atoms with Crippen LogP contribution in [0.4, 0.5) is 10.1 Å². The zero-order valence-electron chi connectivity index (χ0n) is 14.2. The number of nitrogens with zero attached hydrogens (tertiary/aromatic N) is 1. The van der Waals surface area contributed by atoms with Crippen molar-refractivity contribution >= 4 is 21.6 Å². The molecule has 0 aliphatic rings. The van der Waals surface area contributed by atoms with Gasteiger partial charge in [0.2, 0.25) is 10.0 Å². The third-order valence-electron chi connectivity index (χ3n) is 3.81. The molecule has 2 aromatic carbocycles. The van der Waals surface area contributed by atoms with Crippen molar-refractivity contribution in [3.05, 3.63) is 65.5 Å². The fraction of sp³-hybridized carbons (Fsp3) is 0.278. The summed E-state index contributed by atoms with van der Waals surface area (Å²) in [5.74, 6) is -0.529. The van der Waals surface area contributed by atoms with E-state index in [2.05, 4.69) is 5.32 Å². The van der Waals surface area contributed by atoms with Crippen LogP contribution in [0.5, 0.6) is 0 Å².